The summed E-state index contributed by atoms with van der Waals surface area (Å²) < 4.78 is 12.7. The number of carbonyl (C=O) groups excluding carboxylic acids is 1. The summed E-state index contributed by atoms with van der Waals surface area (Å²) in [6, 6.07) is 13.4. The van der Waals surface area contributed by atoms with Crippen molar-refractivity contribution < 1.29 is 19.4 Å². The van der Waals surface area contributed by atoms with E-state index in [-0.39, 0.29) is 12.0 Å². The molecule has 2 aliphatic rings. The molecule has 2 N–H and O–H groups in total. The van der Waals surface area contributed by atoms with Gasteiger partial charge in [0.25, 0.3) is 0 Å². The first kappa shape index (κ1) is 23.0. The zero-order chi connectivity index (χ0) is 22.5. The van der Waals surface area contributed by atoms with Gasteiger partial charge in [0.15, 0.2) is 17.6 Å². The zero-order valence-electron chi connectivity index (χ0n) is 18.3. The van der Waals surface area contributed by atoms with E-state index in [0.29, 0.717) is 25.4 Å². The highest BCUT2D eigenvalue weighted by molar-refractivity contribution is 9.10. The molecule has 2 aliphatic heterocycles. The first-order chi connectivity index (χ1) is 15.5. The monoisotopic (exact) mass is 503 g/mol. The molecule has 2 aromatic rings. The quantitative estimate of drug-likeness (QED) is 0.605. The highest BCUT2D eigenvalue weighted by Gasteiger charge is 2.30. The highest BCUT2D eigenvalue weighted by atomic mass is 79.9. The van der Waals surface area contributed by atoms with Crippen molar-refractivity contribution in [3.63, 3.8) is 0 Å². The Kier molecular flexibility index (Phi) is 7.67. The van der Waals surface area contributed by atoms with E-state index in [1.165, 1.54) is 5.56 Å². The smallest absolute Gasteiger partial charge is 0.238 e. The highest BCUT2D eigenvalue weighted by Crippen LogP contribution is 2.31. The minimum atomic E-state index is -0.636. The third-order valence-electron chi connectivity index (χ3n) is 5.95. The molecule has 2 aromatic carbocycles. The van der Waals surface area contributed by atoms with Crippen LogP contribution in [0.15, 0.2) is 46.9 Å². The molecule has 0 spiro atoms. The number of carbonyl (C=O) groups is 1. The fourth-order valence-electron chi connectivity index (χ4n) is 4.05. The van der Waals surface area contributed by atoms with Crippen LogP contribution in [-0.4, -0.2) is 78.9 Å². The Morgan fingerprint density at radius 3 is 2.59 bits per heavy atom. The van der Waals surface area contributed by atoms with Gasteiger partial charge in [0.05, 0.1) is 6.54 Å². The van der Waals surface area contributed by atoms with Crippen LogP contribution in [0.25, 0.3) is 0 Å². The molecule has 0 radical (unpaired) electrons. The Hall–Kier alpha value is -2.13. The second kappa shape index (κ2) is 10.7. The Morgan fingerprint density at radius 2 is 1.88 bits per heavy atom. The number of β-amino-alcohol motifs (C(OH)–C–C–N with tert-alkyl or cyclic N) is 1. The summed E-state index contributed by atoms with van der Waals surface area (Å²) >= 11 is 3.55. The zero-order valence-corrected chi connectivity index (χ0v) is 19.9. The predicted molar refractivity (Wildman–Crippen MR) is 127 cm³/mol. The Labute approximate surface area is 197 Å². The van der Waals surface area contributed by atoms with Crippen molar-refractivity contribution in [2.75, 3.05) is 51.2 Å². The number of amides is 1. The Balaban J connectivity index is 1.20. The molecule has 32 heavy (non-hydrogen) atoms. The van der Waals surface area contributed by atoms with Crippen LogP contribution in [0.1, 0.15) is 12.5 Å². The van der Waals surface area contributed by atoms with Crippen molar-refractivity contribution >= 4 is 27.5 Å². The summed E-state index contributed by atoms with van der Waals surface area (Å²) in [5.74, 6) is 1.38. The molecule has 8 heteroatoms. The number of piperazine rings is 1. The van der Waals surface area contributed by atoms with Crippen LogP contribution in [0, 0.1) is 0 Å². The molecule has 4 rings (SSSR count). The summed E-state index contributed by atoms with van der Waals surface area (Å²) in [7, 11) is 0. The number of hydrogen-bond acceptors (Lipinski definition) is 6. The number of rotatable bonds is 7. The number of nitrogens with one attached hydrogen (secondary N) is 1. The second-order valence-electron chi connectivity index (χ2n) is 8.27. The number of ether oxygens (including phenoxy) is 2. The van der Waals surface area contributed by atoms with E-state index in [0.717, 1.165) is 48.5 Å². The summed E-state index contributed by atoms with van der Waals surface area (Å²) in [5.41, 5.74) is 2.02. The molecule has 1 saturated heterocycles. The number of para-hydroxylation sites is 2. The average molecular weight is 504 g/mol. The number of aliphatic hydroxyl groups excluding tert-OH is 1. The van der Waals surface area contributed by atoms with Gasteiger partial charge in [-0.05, 0) is 36.2 Å². The van der Waals surface area contributed by atoms with Crippen LogP contribution < -0.4 is 14.8 Å². The van der Waals surface area contributed by atoms with E-state index < -0.39 is 6.10 Å². The maximum atomic E-state index is 12.5. The minimum absolute atomic E-state index is 0.0129. The van der Waals surface area contributed by atoms with Gasteiger partial charge in [0.1, 0.15) is 12.7 Å². The van der Waals surface area contributed by atoms with Crippen LogP contribution in [0.4, 0.5) is 5.69 Å². The van der Waals surface area contributed by atoms with E-state index >= 15 is 0 Å². The summed E-state index contributed by atoms with van der Waals surface area (Å²) in [4.78, 5) is 16.8. The number of halogens is 1. The number of nitrogens with zero attached hydrogens (tertiary/aromatic N) is 2. The van der Waals surface area contributed by atoms with Crippen LogP contribution in [-0.2, 0) is 11.2 Å². The lowest BCUT2D eigenvalue weighted by molar-refractivity contribution is -0.117. The predicted octanol–water partition coefficient (Wildman–Crippen LogP) is 2.77. The molecule has 2 unspecified atom stereocenters. The van der Waals surface area contributed by atoms with Crippen LogP contribution in [0.2, 0.25) is 0 Å². The van der Waals surface area contributed by atoms with E-state index in [4.69, 9.17) is 9.47 Å². The molecule has 1 fully saturated rings. The second-order valence-corrected chi connectivity index (χ2v) is 9.12. The van der Waals surface area contributed by atoms with Gasteiger partial charge in [0.2, 0.25) is 5.91 Å². The number of aliphatic hydroxyl groups is 1. The molecular weight excluding hydrogens is 474 g/mol. The van der Waals surface area contributed by atoms with Gasteiger partial charge in [0, 0.05) is 42.9 Å². The van der Waals surface area contributed by atoms with E-state index in [2.05, 4.69) is 38.0 Å². The van der Waals surface area contributed by atoms with Gasteiger partial charge in [-0.1, -0.05) is 41.1 Å². The van der Waals surface area contributed by atoms with Crippen molar-refractivity contribution in [1.82, 2.24) is 9.80 Å². The normalized spacial score (nSPS) is 20.0. The maximum Gasteiger partial charge on any atom is 0.238 e. The third kappa shape index (κ3) is 5.81. The molecule has 0 bridgehead atoms. The summed E-state index contributed by atoms with van der Waals surface area (Å²) in [5, 5.41) is 13.6. The number of hydrogen-bond donors (Lipinski definition) is 2. The SMILES string of the molecule is CCc1ccc(NC(=O)CN2CCN(CC(O)C3COc4ccccc4O3)CC2)cc1Br. The van der Waals surface area contributed by atoms with E-state index in [9.17, 15) is 9.90 Å². The number of benzene rings is 2. The first-order valence-corrected chi connectivity index (χ1v) is 11.9. The lowest BCUT2D eigenvalue weighted by atomic mass is 10.1. The lowest BCUT2D eigenvalue weighted by Gasteiger charge is -2.37. The topological polar surface area (TPSA) is 74.3 Å². The van der Waals surface area contributed by atoms with Crippen molar-refractivity contribution in [2.45, 2.75) is 25.6 Å². The molecule has 0 saturated carbocycles. The summed E-state index contributed by atoms with van der Waals surface area (Å²) in [6.45, 7) is 6.48. The number of fused-ring (bicyclic) bond motifs is 1. The number of anilines is 1. The van der Waals surface area contributed by atoms with Crippen molar-refractivity contribution in [2.24, 2.45) is 0 Å². The van der Waals surface area contributed by atoms with Crippen molar-refractivity contribution in [3.05, 3.63) is 52.5 Å². The first-order valence-electron chi connectivity index (χ1n) is 11.1. The van der Waals surface area contributed by atoms with Gasteiger partial charge in [-0.2, -0.15) is 0 Å². The van der Waals surface area contributed by atoms with E-state index in [1.807, 2.05) is 42.5 Å². The molecule has 1 amide bonds. The van der Waals surface area contributed by atoms with Gasteiger partial charge >= 0.3 is 0 Å². The molecule has 2 heterocycles. The molecule has 7 nitrogen and oxygen atoms in total. The Morgan fingerprint density at radius 1 is 1.16 bits per heavy atom. The third-order valence-corrected chi connectivity index (χ3v) is 6.69. The molecule has 0 aliphatic carbocycles. The van der Waals surface area contributed by atoms with Crippen LogP contribution in [0.3, 0.4) is 0 Å². The molecule has 2 atom stereocenters. The van der Waals surface area contributed by atoms with Crippen molar-refractivity contribution in [3.8, 4) is 11.5 Å². The van der Waals surface area contributed by atoms with Gasteiger partial charge in [-0.25, -0.2) is 0 Å². The minimum Gasteiger partial charge on any atom is -0.486 e. The molecule has 172 valence electrons. The largest absolute Gasteiger partial charge is 0.486 e. The number of aryl methyl sites for hydroxylation is 1. The lowest BCUT2D eigenvalue weighted by Crippen LogP contribution is -2.53. The molecular formula is C24H30BrN3O4. The maximum absolute atomic E-state index is 12.5. The average Bonchev–Trinajstić information content (AvgIpc) is 2.80. The van der Waals surface area contributed by atoms with Crippen LogP contribution in [0.5, 0.6) is 11.5 Å². The summed E-state index contributed by atoms with van der Waals surface area (Å²) in [6.07, 6.45) is -0.0732. The van der Waals surface area contributed by atoms with E-state index in [1.54, 1.807) is 0 Å². The van der Waals surface area contributed by atoms with Crippen molar-refractivity contribution in [1.29, 1.82) is 0 Å². The standard InChI is InChI=1S/C24H30BrN3O4/c1-2-17-7-8-18(13-19(17)25)26-24(30)15-28-11-9-27(10-12-28)14-20(29)23-16-31-21-5-3-4-6-22(21)32-23/h3-8,13,20,23,29H,2,9-12,14-16H2,1H3,(H,26,30). The van der Waals surface area contributed by atoms with Crippen LogP contribution >= 0.6 is 15.9 Å². The van der Waals surface area contributed by atoms with Gasteiger partial charge in [-0.3, -0.25) is 14.6 Å². The van der Waals surface area contributed by atoms with Gasteiger partial charge < -0.3 is 19.9 Å². The fraction of sp³-hybridized carbons (Fsp3) is 0.458. The molecule has 0 aromatic heterocycles. The van der Waals surface area contributed by atoms with Gasteiger partial charge in [-0.15, -0.1) is 0 Å². The fourth-order valence-corrected chi connectivity index (χ4v) is 4.71. The Bertz CT molecular complexity index is 933.